The SMILES string of the molecule is O=C(COc1ccc2ccccc2c1Br)NN=Cc1ccccc1. The molecule has 0 saturated carbocycles. The minimum Gasteiger partial charge on any atom is -0.483 e. The fourth-order valence-corrected chi connectivity index (χ4v) is 2.83. The molecule has 5 heteroatoms. The Balaban J connectivity index is 1.58. The van der Waals surface area contributed by atoms with Gasteiger partial charge in [-0.15, -0.1) is 0 Å². The summed E-state index contributed by atoms with van der Waals surface area (Å²) in [6, 6.07) is 21.3. The molecule has 0 radical (unpaired) electrons. The maximum absolute atomic E-state index is 11.8. The number of carbonyl (C=O) groups excluding carboxylic acids is 1. The predicted octanol–water partition coefficient (Wildman–Crippen LogP) is 4.13. The smallest absolute Gasteiger partial charge is 0.277 e. The number of nitrogens with zero attached hydrogens (tertiary/aromatic N) is 1. The van der Waals surface area contributed by atoms with Gasteiger partial charge in [0.05, 0.1) is 10.7 Å². The van der Waals surface area contributed by atoms with Crippen LogP contribution in [0.15, 0.2) is 76.3 Å². The van der Waals surface area contributed by atoms with E-state index < -0.39 is 0 Å². The molecule has 1 N–H and O–H groups in total. The average Bonchev–Trinajstić information content (AvgIpc) is 2.62. The van der Waals surface area contributed by atoms with Gasteiger partial charge in [0.25, 0.3) is 5.91 Å². The molecular formula is C19H15BrN2O2. The minimum atomic E-state index is -0.317. The van der Waals surface area contributed by atoms with Crippen molar-refractivity contribution < 1.29 is 9.53 Å². The second-order valence-corrected chi connectivity index (χ2v) is 5.88. The molecule has 120 valence electrons. The first kappa shape index (κ1) is 16.2. The van der Waals surface area contributed by atoms with Crippen LogP contribution in [-0.4, -0.2) is 18.7 Å². The molecule has 0 fully saturated rings. The highest BCUT2D eigenvalue weighted by Gasteiger charge is 2.08. The topological polar surface area (TPSA) is 50.7 Å². The first-order valence-electron chi connectivity index (χ1n) is 7.41. The van der Waals surface area contributed by atoms with Crippen LogP contribution in [0.2, 0.25) is 0 Å². The lowest BCUT2D eigenvalue weighted by Crippen LogP contribution is -2.24. The monoisotopic (exact) mass is 382 g/mol. The number of hydrogen-bond donors (Lipinski definition) is 1. The highest BCUT2D eigenvalue weighted by atomic mass is 79.9. The fourth-order valence-electron chi connectivity index (χ4n) is 2.22. The van der Waals surface area contributed by atoms with Gasteiger partial charge in [0.1, 0.15) is 5.75 Å². The molecule has 0 aliphatic heterocycles. The maximum atomic E-state index is 11.8. The first-order chi connectivity index (χ1) is 11.7. The third-order valence-corrected chi connectivity index (χ3v) is 4.21. The van der Waals surface area contributed by atoms with E-state index in [0.29, 0.717) is 5.75 Å². The number of benzene rings is 3. The lowest BCUT2D eigenvalue weighted by Gasteiger charge is -2.09. The summed E-state index contributed by atoms with van der Waals surface area (Å²) in [5.41, 5.74) is 3.36. The number of carbonyl (C=O) groups is 1. The number of halogens is 1. The molecule has 1 amide bonds. The molecule has 24 heavy (non-hydrogen) atoms. The Morgan fingerprint density at radius 3 is 2.62 bits per heavy atom. The summed E-state index contributed by atoms with van der Waals surface area (Å²) in [6.07, 6.45) is 1.59. The van der Waals surface area contributed by atoms with Gasteiger partial charge in [0.2, 0.25) is 0 Å². The third-order valence-electron chi connectivity index (χ3n) is 3.39. The van der Waals surface area contributed by atoms with Crippen LogP contribution in [0.4, 0.5) is 0 Å². The molecule has 0 aliphatic rings. The third kappa shape index (κ3) is 4.00. The Bertz CT molecular complexity index is 879. The number of hydrogen-bond acceptors (Lipinski definition) is 3. The van der Waals surface area contributed by atoms with E-state index in [1.165, 1.54) is 0 Å². The summed E-state index contributed by atoms with van der Waals surface area (Å²) in [5.74, 6) is 0.304. The van der Waals surface area contributed by atoms with Gasteiger partial charge in [0, 0.05) is 0 Å². The molecule has 3 aromatic rings. The summed E-state index contributed by atoms with van der Waals surface area (Å²) < 4.78 is 6.41. The van der Waals surface area contributed by atoms with Crippen LogP contribution in [0.1, 0.15) is 5.56 Å². The Morgan fingerprint density at radius 1 is 1.04 bits per heavy atom. The molecule has 3 aromatic carbocycles. The number of ether oxygens (including phenoxy) is 1. The van der Waals surface area contributed by atoms with E-state index in [1.54, 1.807) is 6.21 Å². The molecule has 4 nitrogen and oxygen atoms in total. The van der Waals surface area contributed by atoms with Crippen LogP contribution < -0.4 is 10.2 Å². The second-order valence-electron chi connectivity index (χ2n) is 5.09. The van der Waals surface area contributed by atoms with Crippen LogP contribution in [-0.2, 0) is 4.79 Å². The molecule has 0 unspecified atom stereocenters. The van der Waals surface area contributed by atoms with Crippen molar-refractivity contribution in [3.63, 3.8) is 0 Å². The molecule has 0 aromatic heterocycles. The minimum absolute atomic E-state index is 0.108. The van der Waals surface area contributed by atoms with E-state index >= 15 is 0 Å². The van der Waals surface area contributed by atoms with Gasteiger partial charge in [-0.3, -0.25) is 4.79 Å². The summed E-state index contributed by atoms with van der Waals surface area (Å²) in [7, 11) is 0. The van der Waals surface area contributed by atoms with E-state index in [0.717, 1.165) is 20.8 Å². The van der Waals surface area contributed by atoms with E-state index in [1.807, 2.05) is 66.7 Å². The quantitative estimate of drug-likeness (QED) is 0.532. The molecule has 0 aliphatic carbocycles. The van der Waals surface area contributed by atoms with Crippen molar-refractivity contribution in [2.45, 2.75) is 0 Å². The van der Waals surface area contributed by atoms with Crippen molar-refractivity contribution in [1.29, 1.82) is 0 Å². The Labute approximate surface area is 148 Å². The van der Waals surface area contributed by atoms with Crippen molar-refractivity contribution in [3.8, 4) is 5.75 Å². The van der Waals surface area contributed by atoms with E-state index in [9.17, 15) is 4.79 Å². The maximum Gasteiger partial charge on any atom is 0.277 e. The number of fused-ring (bicyclic) bond motifs is 1. The molecule has 0 bridgehead atoms. The van der Waals surface area contributed by atoms with Crippen molar-refractivity contribution >= 4 is 38.8 Å². The Kier molecular flexibility index (Phi) is 5.23. The van der Waals surface area contributed by atoms with Crippen LogP contribution in [0.25, 0.3) is 10.8 Å². The number of hydrazone groups is 1. The van der Waals surface area contributed by atoms with Crippen molar-refractivity contribution in [1.82, 2.24) is 5.43 Å². The first-order valence-corrected chi connectivity index (χ1v) is 8.20. The summed E-state index contributed by atoms with van der Waals surface area (Å²) in [4.78, 5) is 11.8. The van der Waals surface area contributed by atoms with Crippen LogP contribution in [0.5, 0.6) is 5.75 Å². The average molecular weight is 383 g/mol. The highest BCUT2D eigenvalue weighted by molar-refractivity contribution is 9.10. The molecule has 0 saturated heterocycles. The summed E-state index contributed by atoms with van der Waals surface area (Å²) in [5, 5.41) is 6.05. The second kappa shape index (κ2) is 7.75. The molecule has 0 atom stereocenters. The van der Waals surface area contributed by atoms with Gasteiger partial charge in [-0.1, -0.05) is 60.7 Å². The van der Waals surface area contributed by atoms with E-state index in [2.05, 4.69) is 26.5 Å². The largest absolute Gasteiger partial charge is 0.483 e. The van der Waals surface area contributed by atoms with Gasteiger partial charge in [-0.05, 0) is 38.3 Å². The number of rotatable bonds is 5. The van der Waals surface area contributed by atoms with Crippen LogP contribution in [0, 0.1) is 0 Å². The Hall–Kier alpha value is -2.66. The van der Waals surface area contributed by atoms with Crippen LogP contribution in [0.3, 0.4) is 0 Å². The standard InChI is InChI=1S/C19H15BrN2O2/c20-19-16-9-5-4-8-15(16)10-11-17(19)24-13-18(23)22-21-12-14-6-2-1-3-7-14/h1-12H,13H2,(H,22,23). The van der Waals surface area contributed by atoms with Crippen molar-refractivity contribution in [2.24, 2.45) is 5.10 Å². The molecule has 0 heterocycles. The molecular weight excluding hydrogens is 368 g/mol. The van der Waals surface area contributed by atoms with Gasteiger partial charge < -0.3 is 4.74 Å². The van der Waals surface area contributed by atoms with Crippen molar-refractivity contribution in [3.05, 3.63) is 76.8 Å². The summed E-state index contributed by atoms with van der Waals surface area (Å²) >= 11 is 3.53. The number of amides is 1. The molecule has 0 spiro atoms. The lowest BCUT2D eigenvalue weighted by atomic mass is 10.1. The highest BCUT2D eigenvalue weighted by Crippen LogP contribution is 2.32. The van der Waals surface area contributed by atoms with E-state index in [4.69, 9.17) is 4.74 Å². The van der Waals surface area contributed by atoms with Gasteiger partial charge >= 0.3 is 0 Å². The van der Waals surface area contributed by atoms with E-state index in [-0.39, 0.29) is 12.5 Å². The zero-order valence-electron chi connectivity index (χ0n) is 12.8. The predicted molar refractivity (Wildman–Crippen MR) is 99.3 cm³/mol. The fraction of sp³-hybridized carbons (Fsp3) is 0.0526. The van der Waals surface area contributed by atoms with Gasteiger partial charge in [-0.25, -0.2) is 5.43 Å². The molecule has 3 rings (SSSR count). The zero-order chi connectivity index (χ0) is 16.8. The Morgan fingerprint density at radius 2 is 1.79 bits per heavy atom. The summed E-state index contributed by atoms with van der Waals surface area (Å²) in [6.45, 7) is -0.108. The zero-order valence-corrected chi connectivity index (χ0v) is 14.4. The van der Waals surface area contributed by atoms with Gasteiger partial charge in [-0.2, -0.15) is 5.10 Å². The number of nitrogens with one attached hydrogen (secondary N) is 1. The normalized spacial score (nSPS) is 10.9. The van der Waals surface area contributed by atoms with Crippen LogP contribution >= 0.6 is 15.9 Å². The van der Waals surface area contributed by atoms with Crippen molar-refractivity contribution in [2.75, 3.05) is 6.61 Å². The lowest BCUT2D eigenvalue weighted by molar-refractivity contribution is -0.123. The van der Waals surface area contributed by atoms with Gasteiger partial charge in [0.15, 0.2) is 6.61 Å².